The minimum absolute atomic E-state index is 0.646. The number of methoxy groups -OCH3 is 2. The minimum Gasteiger partial charge on any atom is -0.496 e. The van der Waals surface area contributed by atoms with E-state index in [2.05, 4.69) is 0 Å². The van der Waals surface area contributed by atoms with Crippen molar-refractivity contribution in [2.45, 2.75) is 25.3 Å². The minimum atomic E-state index is -0.667. The Bertz CT molecular complexity index is 1630. The van der Waals surface area contributed by atoms with Crippen LogP contribution < -0.4 is 9.47 Å². The van der Waals surface area contributed by atoms with E-state index in [0.29, 0.717) is 24.6 Å². The highest BCUT2D eigenvalue weighted by atomic mass is 16.6. The molecule has 6 rings (SSSR count). The molecule has 0 bridgehead atoms. The van der Waals surface area contributed by atoms with Gasteiger partial charge in [0.2, 0.25) is 0 Å². The summed E-state index contributed by atoms with van der Waals surface area (Å²) in [4.78, 5) is 30.5. The molecule has 46 heavy (non-hydrogen) atoms. The smallest absolute Gasteiger partial charge is 0.332 e. The van der Waals surface area contributed by atoms with Crippen LogP contribution in [0, 0.1) is 0 Å². The van der Waals surface area contributed by atoms with Gasteiger partial charge in [-0.1, -0.05) is 72.8 Å². The Labute approximate surface area is 269 Å². The lowest BCUT2D eigenvalue weighted by Crippen LogP contribution is -2.36. The number of carbonyl (C=O) groups excluding carboxylic acids is 2. The van der Waals surface area contributed by atoms with Crippen LogP contribution in [0.25, 0.3) is 22.3 Å². The Balaban J connectivity index is 1.25. The van der Waals surface area contributed by atoms with Gasteiger partial charge in [0.05, 0.1) is 14.2 Å². The summed E-state index contributed by atoms with van der Waals surface area (Å²) in [6.45, 7) is 1.41. The highest BCUT2D eigenvalue weighted by molar-refractivity contribution is 5.92. The molecule has 4 aromatic carbocycles. The Morgan fingerprint density at radius 3 is 1.37 bits per heavy atom. The number of hydrogen-bond acceptors (Lipinski definition) is 8. The molecule has 2 unspecified atom stereocenters. The van der Waals surface area contributed by atoms with Crippen LogP contribution in [0.5, 0.6) is 11.5 Å². The lowest BCUT2D eigenvalue weighted by Gasteiger charge is -2.36. The zero-order valence-electron chi connectivity index (χ0n) is 26.6. The third kappa shape index (κ3) is 6.14. The fourth-order valence-electron chi connectivity index (χ4n) is 6.43. The van der Waals surface area contributed by atoms with Crippen molar-refractivity contribution in [1.82, 2.24) is 9.80 Å². The van der Waals surface area contributed by atoms with Crippen LogP contribution >= 0.6 is 0 Å². The first-order valence-electron chi connectivity index (χ1n) is 15.4. The maximum atomic E-state index is 13.2. The van der Waals surface area contributed by atoms with Gasteiger partial charge in [0.1, 0.15) is 11.5 Å². The molecule has 2 aliphatic rings. The van der Waals surface area contributed by atoms with Crippen LogP contribution in [0.2, 0.25) is 0 Å². The van der Waals surface area contributed by atoms with E-state index in [9.17, 15) is 9.59 Å². The molecular weight excluding hydrogens is 580 g/mol. The number of esters is 2. The van der Waals surface area contributed by atoms with Crippen LogP contribution in [0.15, 0.2) is 97.1 Å². The van der Waals surface area contributed by atoms with Crippen molar-refractivity contribution >= 4 is 11.9 Å². The lowest BCUT2D eigenvalue weighted by molar-refractivity contribution is -0.156. The third-order valence-electron chi connectivity index (χ3n) is 8.73. The fraction of sp³-hybridized carbons (Fsp3) is 0.263. The number of ether oxygens (including phenoxy) is 4. The van der Waals surface area contributed by atoms with E-state index in [1.54, 1.807) is 14.2 Å². The average Bonchev–Trinajstić information content (AvgIpc) is 3.09. The Morgan fingerprint density at radius 2 is 1.00 bits per heavy atom. The maximum Gasteiger partial charge on any atom is 0.332 e. The second-order valence-electron chi connectivity index (χ2n) is 11.5. The summed E-state index contributed by atoms with van der Waals surface area (Å²) in [5.41, 5.74) is 7.64. The number of benzene rings is 4. The predicted octanol–water partition coefficient (Wildman–Crippen LogP) is 6.35. The fourth-order valence-corrected chi connectivity index (χ4v) is 6.43. The first-order chi connectivity index (χ1) is 22.4. The molecule has 2 atom stereocenters. The molecule has 0 fully saturated rings. The van der Waals surface area contributed by atoms with E-state index in [1.807, 2.05) is 109 Å². The zero-order chi connectivity index (χ0) is 32.2. The summed E-state index contributed by atoms with van der Waals surface area (Å²) in [6.07, 6.45) is 2.55. The van der Waals surface area contributed by atoms with Gasteiger partial charge in [-0.15, -0.1) is 0 Å². The van der Waals surface area contributed by atoms with E-state index >= 15 is 0 Å². The lowest BCUT2D eigenvalue weighted by atomic mass is 9.89. The van der Waals surface area contributed by atoms with E-state index in [-0.39, 0.29) is 0 Å². The van der Waals surface area contributed by atoms with E-state index in [0.717, 1.165) is 69.5 Å². The van der Waals surface area contributed by atoms with E-state index in [4.69, 9.17) is 18.9 Å². The molecule has 0 saturated heterocycles. The summed E-state index contributed by atoms with van der Waals surface area (Å²) in [5.74, 6) is 0.104. The van der Waals surface area contributed by atoms with Gasteiger partial charge < -0.3 is 18.9 Å². The SMILES string of the molecule is COc1ccc2c(c1-c1ccccc1)C(OC(=O)/C=C\C(=O)OC1c3c(ccc(OC)c3-c3ccccc3)CCN1C)N(C)CC2. The van der Waals surface area contributed by atoms with Crippen molar-refractivity contribution < 1.29 is 28.5 Å². The zero-order valence-corrected chi connectivity index (χ0v) is 26.6. The second kappa shape index (κ2) is 13.6. The van der Waals surface area contributed by atoms with Gasteiger partial charge in [0.25, 0.3) is 0 Å². The third-order valence-corrected chi connectivity index (χ3v) is 8.73. The van der Waals surface area contributed by atoms with Crippen LogP contribution in [-0.4, -0.2) is 63.1 Å². The van der Waals surface area contributed by atoms with Crippen molar-refractivity contribution in [2.24, 2.45) is 0 Å². The highest BCUT2D eigenvalue weighted by Gasteiger charge is 2.34. The van der Waals surface area contributed by atoms with Gasteiger partial charge in [-0.2, -0.15) is 0 Å². The van der Waals surface area contributed by atoms with Gasteiger partial charge in [-0.3, -0.25) is 9.80 Å². The van der Waals surface area contributed by atoms with Crippen molar-refractivity contribution in [2.75, 3.05) is 41.4 Å². The number of rotatable bonds is 8. The Morgan fingerprint density at radius 1 is 0.609 bits per heavy atom. The van der Waals surface area contributed by atoms with Crippen LogP contribution in [0.3, 0.4) is 0 Å². The molecular formula is C38H38N2O6. The first kappa shape index (κ1) is 31.1. The van der Waals surface area contributed by atoms with Gasteiger partial charge in [-0.25, -0.2) is 9.59 Å². The maximum absolute atomic E-state index is 13.2. The van der Waals surface area contributed by atoms with Gasteiger partial charge in [0, 0.05) is 47.5 Å². The number of likely N-dealkylation sites (N-methyl/N-ethyl adjacent to an activating group) is 2. The molecule has 8 heteroatoms. The van der Waals surface area contributed by atoms with E-state index < -0.39 is 24.4 Å². The largest absolute Gasteiger partial charge is 0.496 e. The van der Waals surface area contributed by atoms with Gasteiger partial charge >= 0.3 is 11.9 Å². The first-order valence-corrected chi connectivity index (χ1v) is 15.4. The molecule has 8 nitrogen and oxygen atoms in total. The standard InChI is InChI=1S/C38H38N2O6/c1-39-23-21-27-15-17-29(43-3)33(25-11-7-5-8-12-25)35(27)37(39)45-31(41)19-20-32(42)46-38-36-28(22-24-40(38)2)16-18-30(44-4)34(36)26-13-9-6-10-14-26/h5-20,37-38H,21-24H2,1-4H3/b20-19-. The quantitative estimate of drug-likeness (QED) is 0.167. The Hall–Kier alpha value is -4.92. The molecule has 0 saturated carbocycles. The molecule has 236 valence electrons. The summed E-state index contributed by atoms with van der Waals surface area (Å²) in [7, 11) is 7.11. The molecule has 0 aromatic heterocycles. The van der Waals surface area contributed by atoms with Gasteiger partial charge in [0.15, 0.2) is 12.5 Å². The summed E-state index contributed by atoms with van der Waals surface area (Å²) >= 11 is 0. The molecule has 0 spiro atoms. The molecule has 4 aromatic rings. The highest BCUT2D eigenvalue weighted by Crippen LogP contribution is 2.44. The molecule has 0 amide bonds. The van der Waals surface area contributed by atoms with Crippen LogP contribution in [0.4, 0.5) is 0 Å². The van der Waals surface area contributed by atoms with Crippen LogP contribution in [-0.2, 0) is 31.9 Å². The predicted molar refractivity (Wildman–Crippen MR) is 176 cm³/mol. The number of nitrogens with zero attached hydrogens (tertiary/aromatic N) is 2. The average molecular weight is 619 g/mol. The number of carbonyl (C=O) groups is 2. The molecule has 2 aliphatic heterocycles. The monoisotopic (exact) mass is 618 g/mol. The number of fused-ring (bicyclic) bond motifs is 2. The summed E-state index contributed by atoms with van der Waals surface area (Å²) in [6, 6.07) is 27.8. The van der Waals surface area contributed by atoms with Crippen LogP contribution in [0.1, 0.15) is 34.7 Å². The van der Waals surface area contributed by atoms with Crippen molar-refractivity contribution in [3.8, 4) is 33.8 Å². The second-order valence-corrected chi connectivity index (χ2v) is 11.5. The summed E-state index contributed by atoms with van der Waals surface area (Å²) < 4.78 is 23.5. The molecule has 0 aliphatic carbocycles. The Kier molecular flexibility index (Phi) is 9.19. The van der Waals surface area contributed by atoms with Crippen molar-refractivity contribution in [3.63, 3.8) is 0 Å². The topological polar surface area (TPSA) is 77.5 Å². The summed E-state index contributed by atoms with van der Waals surface area (Å²) in [5, 5.41) is 0. The molecule has 0 radical (unpaired) electrons. The van der Waals surface area contributed by atoms with Crippen molar-refractivity contribution in [1.29, 1.82) is 0 Å². The van der Waals surface area contributed by atoms with Gasteiger partial charge in [-0.05, 0) is 61.3 Å². The van der Waals surface area contributed by atoms with E-state index in [1.165, 1.54) is 0 Å². The van der Waals surface area contributed by atoms with Crippen molar-refractivity contribution in [3.05, 3.63) is 119 Å². The molecule has 2 heterocycles. The molecule has 0 N–H and O–H groups in total. The normalized spacial score (nSPS) is 18.0. The number of hydrogen-bond donors (Lipinski definition) is 0.